The van der Waals surface area contributed by atoms with E-state index in [-0.39, 0.29) is 17.1 Å². The molecule has 2 aromatic carbocycles. The Hall–Kier alpha value is -2.50. The van der Waals surface area contributed by atoms with Gasteiger partial charge in [0.25, 0.3) is 0 Å². The van der Waals surface area contributed by atoms with Crippen molar-refractivity contribution in [1.82, 2.24) is 15.0 Å². The van der Waals surface area contributed by atoms with Crippen LogP contribution in [0, 0.1) is 11.7 Å². The lowest BCUT2D eigenvalue weighted by Crippen LogP contribution is -2.23. The number of rotatable bonds is 5. The van der Waals surface area contributed by atoms with Gasteiger partial charge in [-0.1, -0.05) is 17.7 Å². The van der Waals surface area contributed by atoms with E-state index in [1.54, 1.807) is 18.2 Å². The molecular weight excluding hydrogens is 458 g/mol. The topological polar surface area (TPSA) is 50.7 Å². The highest BCUT2D eigenvalue weighted by atomic mass is 35.5. The fourth-order valence-electron chi connectivity index (χ4n) is 5.20. The average molecular weight is 483 g/mol. The summed E-state index contributed by atoms with van der Waals surface area (Å²) in [6, 6.07) is 12.8. The van der Waals surface area contributed by atoms with Crippen LogP contribution in [0.15, 0.2) is 48.7 Å². The maximum atomic E-state index is 13.9. The number of para-hydroxylation sites is 1. The molecule has 7 heteroatoms. The van der Waals surface area contributed by atoms with E-state index in [4.69, 9.17) is 23.2 Å². The number of anilines is 1. The summed E-state index contributed by atoms with van der Waals surface area (Å²) in [4.78, 5) is 13.1. The number of hydrogen-bond acceptors (Lipinski definition) is 4. The van der Waals surface area contributed by atoms with Gasteiger partial charge in [0, 0.05) is 23.0 Å². The molecule has 1 aliphatic carbocycles. The Kier molecular flexibility index (Phi) is 6.35. The first-order chi connectivity index (χ1) is 16.0. The molecule has 0 amide bonds. The van der Waals surface area contributed by atoms with Gasteiger partial charge in [-0.05, 0) is 104 Å². The van der Waals surface area contributed by atoms with E-state index in [9.17, 15) is 4.39 Å². The van der Waals surface area contributed by atoms with Crippen LogP contribution >= 0.6 is 23.2 Å². The third-order valence-electron chi connectivity index (χ3n) is 6.74. The zero-order valence-electron chi connectivity index (χ0n) is 18.4. The van der Waals surface area contributed by atoms with Crippen LogP contribution in [0.5, 0.6) is 0 Å². The monoisotopic (exact) mass is 482 g/mol. The Morgan fingerprint density at radius 2 is 1.85 bits per heavy atom. The molecule has 33 heavy (non-hydrogen) atoms. The molecule has 1 aliphatic rings. The Balaban J connectivity index is 1.25. The molecule has 170 valence electrons. The number of pyridine rings is 1. The molecule has 0 saturated heterocycles. The van der Waals surface area contributed by atoms with Gasteiger partial charge in [0.05, 0.1) is 16.1 Å². The molecule has 4 aromatic rings. The number of fused-ring (bicyclic) bond motifs is 2. The highest BCUT2D eigenvalue weighted by molar-refractivity contribution is 6.36. The fourth-order valence-corrected chi connectivity index (χ4v) is 5.58. The first kappa shape index (κ1) is 22.3. The van der Waals surface area contributed by atoms with Crippen LogP contribution in [0.25, 0.3) is 21.8 Å². The quantitative estimate of drug-likeness (QED) is 0.295. The van der Waals surface area contributed by atoms with Crippen molar-refractivity contribution < 1.29 is 4.39 Å². The Morgan fingerprint density at radius 1 is 1.03 bits per heavy atom. The number of halogens is 3. The molecule has 2 heterocycles. The van der Waals surface area contributed by atoms with Crippen LogP contribution in [0.2, 0.25) is 10.3 Å². The van der Waals surface area contributed by atoms with Crippen molar-refractivity contribution in [3.63, 3.8) is 0 Å². The summed E-state index contributed by atoms with van der Waals surface area (Å²) >= 11 is 12.4. The van der Waals surface area contributed by atoms with E-state index in [2.05, 4.69) is 33.3 Å². The van der Waals surface area contributed by atoms with Crippen molar-refractivity contribution in [1.29, 1.82) is 0 Å². The molecule has 4 nitrogen and oxygen atoms in total. The van der Waals surface area contributed by atoms with Gasteiger partial charge in [0.1, 0.15) is 11.6 Å². The van der Waals surface area contributed by atoms with Gasteiger partial charge in [-0.2, -0.15) is 0 Å². The van der Waals surface area contributed by atoms with Crippen LogP contribution in [-0.4, -0.2) is 21.0 Å². The number of benzene rings is 2. The predicted octanol–water partition coefficient (Wildman–Crippen LogP) is 7.79. The summed E-state index contributed by atoms with van der Waals surface area (Å²) in [5, 5.41) is 6.10. The lowest BCUT2D eigenvalue weighted by Gasteiger charge is -2.31. The molecule has 1 fully saturated rings. The highest BCUT2D eigenvalue weighted by Crippen LogP contribution is 2.40. The van der Waals surface area contributed by atoms with Gasteiger partial charge in [0.15, 0.2) is 0 Å². The summed E-state index contributed by atoms with van der Waals surface area (Å²) in [7, 11) is 0. The van der Waals surface area contributed by atoms with Crippen LogP contribution in [0.1, 0.15) is 50.5 Å². The maximum absolute atomic E-state index is 13.9. The zero-order valence-corrected chi connectivity index (χ0v) is 19.9. The molecule has 1 N–H and O–H groups in total. The Labute approximate surface area is 202 Å². The van der Waals surface area contributed by atoms with E-state index in [1.807, 2.05) is 18.3 Å². The van der Waals surface area contributed by atoms with E-state index in [0.717, 1.165) is 54.2 Å². The lowest BCUT2D eigenvalue weighted by atomic mass is 9.76. The van der Waals surface area contributed by atoms with E-state index in [0.29, 0.717) is 22.4 Å². The minimum Gasteiger partial charge on any atom is -0.367 e. The normalized spacial score (nSPS) is 19.6. The molecule has 0 bridgehead atoms. The van der Waals surface area contributed by atoms with E-state index >= 15 is 0 Å². The number of aromatic nitrogens is 3. The van der Waals surface area contributed by atoms with Crippen molar-refractivity contribution in [2.24, 2.45) is 5.92 Å². The molecule has 0 radical (unpaired) electrons. The molecule has 1 unspecified atom stereocenters. The smallest absolute Gasteiger partial charge is 0.224 e. The molecule has 1 saturated carbocycles. The van der Waals surface area contributed by atoms with Crippen molar-refractivity contribution in [2.45, 2.75) is 51.0 Å². The zero-order chi connectivity index (χ0) is 22.9. The standard InChI is InChI=1S/C26H25Cl2FN4/c1-15(31-25-20-3-2-4-22(27)24(20)32-26(28)33-25)13-16-5-7-17(8-6-16)19-11-12-30-23-10-9-18(29)14-21(19)23/h2-4,9-12,14-17H,5-8,13H2,1H3,(H,31,32,33). The molecule has 0 spiro atoms. The summed E-state index contributed by atoms with van der Waals surface area (Å²) < 4.78 is 13.9. The lowest BCUT2D eigenvalue weighted by molar-refractivity contribution is 0.302. The molecule has 5 rings (SSSR count). The number of hydrogen-bond donors (Lipinski definition) is 1. The molecular formula is C26H25Cl2FN4. The Bertz CT molecular complexity index is 1300. The summed E-state index contributed by atoms with van der Waals surface area (Å²) in [5.41, 5.74) is 2.75. The minimum absolute atomic E-state index is 0.187. The molecule has 2 aromatic heterocycles. The minimum atomic E-state index is -0.205. The van der Waals surface area contributed by atoms with Gasteiger partial charge in [0.2, 0.25) is 5.28 Å². The SMILES string of the molecule is CC(CC1CCC(c2ccnc3ccc(F)cc23)CC1)Nc1nc(Cl)nc2c(Cl)cccc12. The van der Waals surface area contributed by atoms with Crippen molar-refractivity contribution >= 4 is 50.8 Å². The predicted molar refractivity (Wildman–Crippen MR) is 134 cm³/mol. The van der Waals surface area contributed by atoms with Crippen LogP contribution in [-0.2, 0) is 0 Å². The highest BCUT2D eigenvalue weighted by Gasteiger charge is 2.25. The second kappa shape index (κ2) is 9.40. The average Bonchev–Trinajstić information content (AvgIpc) is 2.80. The molecule has 1 atom stereocenters. The maximum Gasteiger partial charge on any atom is 0.224 e. The van der Waals surface area contributed by atoms with Crippen molar-refractivity contribution in [3.8, 4) is 0 Å². The largest absolute Gasteiger partial charge is 0.367 e. The number of nitrogens with zero attached hydrogens (tertiary/aromatic N) is 3. The van der Waals surface area contributed by atoms with Gasteiger partial charge in [-0.15, -0.1) is 0 Å². The van der Waals surface area contributed by atoms with Gasteiger partial charge in [-0.3, -0.25) is 4.98 Å². The first-order valence-electron chi connectivity index (χ1n) is 11.4. The summed E-state index contributed by atoms with van der Waals surface area (Å²) in [6.45, 7) is 2.18. The number of nitrogens with one attached hydrogen (secondary N) is 1. The second-order valence-corrected chi connectivity index (χ2v) is 9.78. The fraction of sp³-hybridized carbons (Fsp3) is 0.346. The molecule has 0 aliphatic heterocycles. The van der Waals surface area contributed by atoms with Crippen LogP contribution in [0.3, 0.4) is 0 Å². The second-order valence-electron chi connectivity index (χ2n) is 9.04. The van der Waals surface area contributed by atoms with Crippen LogP contribution in [0.4, 0.5) is 10.2 Å². The summed E-state index contributed by atoms with van der Waals surface area (Å²) in [5.74, 6) is 1.59. The van der Waals surface area contributed by atoms with E-state index in [1.165, 1.54) is 11.6 Å². The van der Waals surface area contributed by atoms with Crippen molar-refractivity contribution in [3.05, 3.63) is 70.3 Å². The Morgan fingerprint density at radius 3 is 2.67 bits per heavy atom. The van der Waals surface area contributed by atoms with E-state index < -0.39 is 0 Å². The van der Waals surface area contributed by atoms with Crippen molar-refractivity contribution in [2.75, 3.05) is 5.32 Å². The van der Waals surface area contributed by atoms with Gasteiger partial charge >= 0.3 is 0 Å². The summed E-state index contributed by atoms with van der Waals surface area (Å²) in [6.07, 6.45) is 7.38. The third-order valence-corrected chi connectivity index (χ3v) is 7.22. The first-order valence-corrected chi connectivity index (χ1v) is 12.2. The third kappa shape index (κ3) is 4.75. The van der Waals surface area contributed by atoms with Gasteiger partial charge < -0.3 is 5.32 Å². The van der Waals surface area contributed by atoms with Gasteiger partial charge in [-0.25, -0.2) is 14.4 Å². The van der Waals surface area contributed by atoms with Crippen LogP contribution < -0.4 is 5.32 Å².